The number of hydrogen-bond acceptors (Lipinski definition) is 8. The number of benzene rings is 3. The van der Waals surface area contributed by atoms with E-state index in [-0.39, 0.29) is 18.5 Å². The Hall–Kier alpha value is -4.61. The van der Waals surface area contributed by atoms with Gasteiger partial charge in [-0.25, -0.2) is 9.80 Å². The highest BCUT2D eigenvalue weighted by Gasteiger charge is 2.35. The molecule has 1 saturated heterocycles. The molecule has 0 aliphatic carbocycles. The van der Waals surface area contributed by atoms with Crippen LogP contribution in [0.2, 0.25) is 0 Å². The lowest BCUT2D eigenvalue weighted by molar-refractivity contribution is -0.133. The van der Waals surface area contributed by atoms with E-state index in [1.54, 1.807) is 39.5 Å². The maximum absolute atomic E-state index is 14.1. The molecule has 11 heteroatoms. The Morgan fingerprint density at radius 1 is 0.932 bits per heavy atom. The number of ether oxygens (including phenoxy) is 4. The number of methoxy groups -OCH3 is 3. The number of urea groups is 1. The second kappa shape index (κ2) is 14.7. The summed E-state index contributed by atoms with van der Waals surface area (Å²) in [5.74, 6) is 1.51. The smallest absolute Gasteiger partial charge is 0.322 e. The van der Waals surface area contributed by atoms with Crippen molar-refractivity contribution in [2.24, 2.45) is 5.10 Å². The van der Waals surface area contributed by atoms with Crippen molar-refractivity contribution in [1.29, 1.82) is 0 Å². The number of carbonyl (C=O) groups is 2. The summed E-state index contributed by atoms with van der Waals surface area (Å²) in [4.78, 5) is 31.5. The number of hydrazone groups is 1. The highest BCUT2D eigenvalue weighted by molar-refractivity contribution is 6.05. The lowest BCUT2D eigenvalue weighted by atomic mass is 9.98. The molecule has 0 spiro atoms. The molecule has 3 amide bonds. The third-order valence-corrected chi connectivity index (χ3v) is 7.82. The van der Waals surface area contributed by atoms with E-state index < -0.39 is 6.03 Å². The van der Waals surface area contributed by atoms with E-state index in [1.807, 2.05) is 54.6 Å². The minimum Gasteiger partial charge on any atom is -0.497 e. The van der Waals surface area contributed by atoms with Gasteiger partial charge in [0.15, 0.2) is 0 Å². The van der Waals surface area contributed by atoms with E-state index in [1.165, 1.54) is 9.91 Å². The third kappa shape index (κ3) is 7.29. The molecule has 3 aromatic carbocycles. The summed E-state index contributed by atoms with van der Waals surface area (Å²) >= 11 is 0. The van der Waals surface area contributed by atoms with Crippen LogP contribution in [0.15, 0.2) is 77.9 Å². The van der Waals surface area contributed by atoms with Crippen molar-refractivity contribution in [3.05, 3.63) is 83.9 Å². The maximum atomic E-state index is 14.1. The Bertz CT molecular complexity index is 1460. The number of nitrogens with one attached hydrogen (secondary N) is 1. The van der Waals surface area contributed by atoms with Crippen LogP contribution in [0.1, 0.15) is 23.6 Å². The Balaban J connectivity index is 1.42. The molecule has 0 saturated carbocycles. The molecule has 11 nitrogen and oxygen atoms in total. The topological polar surface area (TPSA) is 105 Å². The van der Waals surface area contributed by atoms with Crippen LogP contribution in [0.25, 0.3) is 0 Å². The van der Waals surface area contributed by atoms with Gasteiger partial charge in [-0.05, 0) is 29.8 Å². The molecule has 2 aliphatic heterocycles. The lowest BCUT2D eigenvalue weighted by Gasteiger charge is -2.31. The average molecular weight is 602 g/mol. The molecule has 44 heavy (non-hydrogen) atoms. The second-order valence-electron chi connectivity index (χ2n) is 10.5. The summed E-state index contributed by atoms with van der Waals surface area (Å²) in [6, 6.07) is 21.8. The molecule has 1 atom stereocenters. The van der Waals surface area contributed by atoms with Gasteiger partial charge in [-0.1, -0.05) is 42.5 Å². The number of morpholine rings is 1. The fourth-order valence-electron chi connectivity index (χ4n) is 5.39. The normalized spacial score (nSPS) is 16.7. The Morgan fingerprint density at radius 2 is 1.66 bits per heavy atom. The highest BCUT2D eigenvalue weighted by Crippen LogP contribution is 2.36. The summed E-state index contributed by atoms with van der Waals surface area (Å²) in [5.41, 5.74) is 2.97. The van der Waals surface area contributed by atoms with Crippen LogP contribution in [0.5, 0.6) is 17.2 Å². The zero-order chi connectivity index (χ0) is 30.9. The van der Waals surface area contributed by atoms with Crippen molar-refractivity contribution in [3.8, 4) is 17.2 Å². The van der Waals surface area contributed by atoms with Crippen LogP contribution in [-0.4, -0.2) is 99.7 Å². The van der Waals surface area contributed by atoms with E-state index in [0.29, 0.717) is 61.4 Å². The molecule has 3 aromatic rings. The molecule has 0 aromatic heterocycles. The van der Waals surface area contributed by atoms with Gasteiger partial charge in [0.1, 0.15) is 23.8 Å². The second-order valence-corrected chi connectivity index (χ2v) is 10.5. The molecule has 2 heterocycles. The van der Waals surface area contributed by atoms with Crippen molar-refractivity contribution >= 4 is 23.3 Å². The Morgan fingerprint density at radius 3 is 2.39 bits per heavy atom. The first kappa shape index (κ1) is 30.8. The number of para-hydroxylation sites is 2. The zero-order valence-electron chi connectivity index (χ0n) is 25.4. The molecule has 0 bridgehead atoms. The Labute approximate surface area is 257 Å². The van der Waals surface area contributed by atoms with E-state index in [9.17, 15) is 9.59 Å². The van der Waals surface area contributed by atoms with Crippen LogP contribution in [-0.2, 0) is 9.53 Å². The number of hydrogen-bond donors (Lipinski definition) is 1. The van der Waals surface area contributed by atoms with E-state index in [2.05, 4.69) is 10.2 Å². The van der Waals surface area contributed by atoms with Crippen molar-refractivity contribution in [1.82, 2.24) is 14.8 Å². The van der Waals surface area contributed by atoms with Crippen molar-refractivity contribution < 1.29 is 28.5 Å². The molecular formula is C33H39N5O6. The van der Waals surface area contributed by atoms with Crippen molar-refractivity contribution in [2.45, 2.75) is 12.5 Å². The predicted molar refractivity (Wildman–Crippen MR) is 168 cm³/mol. The monoisotopic (exact) mass is 601 g/mol. The average Bonchev–Trinajstić information content (AvgIpc) is 3.53. The quantitative estimate of drug-likeness (QED) is 0.350. The van der Waals surface area contributed by atoms with Crippen LogP contribution in [0.4, 0.5) is 10.5 Å². The Kier molecular flexibility index (Phi) is 10.3. The van der Waals surface area contributed by atoms with E-state index in [4.69, 9.17) is 24.0 Å². The SMILES string of the molecule is COc1ccc(C2=NN(C(=O)CN(CCN3CCOCC3)C(=O)Nc3ccccc3OC)C(c3ccccc3)C2)c(OC)c1. The molecule has 232 valence electrons. The summed E-state index contributed by atoms with van der Waals surface area (Å²) in [5, 5.41) is 9.27. The number of nitrogens with zero attached hydrogens (tertiary/aromatic N) is 4. The fraction of sp³-hybridized carbons (Fsp3) is 0.364. The first-order valence-electron chi connectivity index (χ1n) is 14.7. The van der Waals surface area contributed by atoms with Gasteiger partial charge in [-0.3, -0.25) is 9.69 Å². The highest BCUT2D eigenvalue weighted by atomic mass is 16.5. The first-order valence-corrected chi connectivity index (χ1v) is 14.7. The summed E-state index contributed by atoms with van der Waals surface area (Å²) in [7, 11) is 4.75. The van der Waals surface area contributed by atoms with Gasteiger partial charge in [0, 0.05) is 44.2 Å². The van der Waals surface area contributed by atoms with Crippen LogP contribution in [0, 0.1) is 0 Å². The van der Waals surface area contributed by atoms with Gasteiger partial charge in [-0.15, -0.1) is 0 Å². The maximum Gasteiger partial charge on any atom is 0.322 e. The number of rotatable bonds is 11. The lowest BCUT2D eigenvalue weighted by Crippen LogP contribution is -2.47. The standard InChI is InChI=1S/C33H39N5O6/c1-41-25-13-14-26(31(21-25)43-3)28-22-29(24-9-5-4-6-10-24)38(35-28)32(39)23-37(16-15-36-17-19-44-20-18-36)33(40)34-27-11-7-8-12-30(27)42-2/h4-14,21,29H,15-20,22-23H2,1-3H3,(H,34,40). The zero-order valence-corrected chi connectivity index (χ0v) is 25.4. The molecule has 2 aliphatic rings. The van der Waals surface area contributed by atoms with Gasteiger partial charge >= 0.3 is 6.03 Å². The van der Waals surface area contributed by atoms with Crippen molar-refractivity contribution in [3.63, 3.8) is 0 Å². The first-order chi connectivity index (χ1) is 21.5. The minimum atomic E-state index is -0.396. The van der Waals surface area contributed by atoms with Gasteiger partial charge in [0.2, 0.25) is 0 Å². The molecular weight excluding hydrogens is 562 g/mol. The molecule has 0 radical (unpaired) electrons. The number of carbonyl (C=O) groups excluding carboxylic acids is 2. The largest absolute Gasteiger partial charge is 0.497 e. The van der Waals surface area contributed by atoms with Gasteiger partial charge in [0.25, 0.3) is 5.91 Å². The molecule has 1 unspecified atom stereocenters. The van der Waals surface area contributed by atoms with Crippen LogP contribution >= 0.6 is 0 Å². The molecule has 5 rings (SSSR count). The van der Waals surface area contributed by atoms with Crippen LogP contribution in [0.3, 0.4) is 0 Å². The van der Waals surface area contributed by atoms with Crippen molar-refractivity contribution in [2.75, 3.05) is 72.6 Å². The predicted octanol–water partition coefficient (Wildman–Crippen LogP) is 4.26. The minimum absolute atomic E-state index is 0.162. The summed E-state index contributed by atoms with van der Waals surface area (Å²) in [6.45, 7) is 3.63. The summed E-state index contributed by atoms with van der Waals surface area (Å²) in [6.07, 6.45) is 0.486. The van der Waals surface area contributed by atoms with E-state index in [0.717, 1.165) is 24.2 Å². The molecule has 1 fully saturated rings. The number of anilines is 1. The van der Waals surface area contributed by atoms with Gasteiger partial charge < -0.3 is 29.2 Å². The number of amides is 3. The molecule has 1 N–H and O–H groups in total. The fourth-order valence-corrected chi connectivity index (χ4v) is 5.39. The van der Waals surface area contributed by atoms with Crippen LogP contribution < -0.4 is 19.5 Å². The van der Waals surface area contributed by atoms with Gasteiger partial charge in [0.05, 0.1) is 52.0 Å². The van der Waals surface area contributed by atoms with Gasteiger partial charge in [-0.2, -0.15) is 5.10 Å². The third-order valence-electron chi connectivity index (χ3n) is 7.82. The van der Waals surface area contributed by atoms with E-state index >= 15 is 0 Å². The summed E-state index contributed by atoms with van der Waals surface area (Å²) < 4.78 is 21.9.